The first-order chi connectivity index (χ1) is 7.69. The molecule has 4 heteroatoms. The first-order valence-corrected chi connectivity index (χ1v) is 5.65. The lowest BCUT2D eigenvalue weighted by Gasteiger charge is -2.17. The number of allylic oxidation sites excluding steroid dienone is 4. The van der Waals surface area contributed by atoms with Gasteiger partial charge in [0, 0.05) is 13.1 Å². The average molecular weight is 260 g/mol. The Hall–Kier alpha value is -1.22. The zero-order valence-corrected chi connectivity index (χ0v) is 11.6. The van der Waals surface area contributed by atoms with Gasteiger partial charge in [-0.05, 0) is 32.4 Å². The summed E-state index contributed by atoms with van der Waals surface area (Å²) in [5.74, 6) is 0.474. The second-order valence-corrected chi connectivity index (χ2v) is 3.15. The highest BCUT2D eigenvalue weighted by Crippen LogP contribution is 2.04. The Kier molecular flexibility index (Phi) is 12.0. The monoisotopic (exact) mass is 259 g/mol. The molecule has 0 aliphatic rings. The first kappa shape index (κ1) is 18.2. The van der Waals surface area contributed by atoms with Gasteiger partial charge in [0.05, 0.1) is 0 Å². The van der Waals surface area contributed by atoms with Crippen LogP contribution in [0.1, 0.15) is 27.2 Å². The van der Waals surface area contributed by atoms with E-state index in [0.717, 1.165) is 6.42 Å². The number of amides is 1. The maximum absolute atomic E-state index is 11.6. The van der Waals surface area contributed by atoms with E-state index in [1.807, 2.05) is 32.9 Å². The third kappa shape index (κ3) is 7.64. The van der Waals surface area contributed by atoms with Gasteiger partial charge < -0.3 is 9.64 Å². The Balaban J connectivity index is 0. The molecule has 0 saturated heterocycles. The van der Waals surface area contributed by atoms with Crippen LogP contribution in [0.4, 0.5) is 4.79 Å². The van der Waals surface area contributed by atoms with Gasteiger partial charge in [0.2, 0.25) is 0 Å². The van der Waals surface area contributed by atoms with Gasteiger partial charge in [0.15, 0.2) is 0 Å². The summed E-state index contributed by atoms with van der Waals surface area (Å²) in [7, 11) is 0. The standard InChI is InChI=1S/C13H21NO2.ClH/c1-5-9-10-11-12(6-2)16-13(15)14(7-3)8-4;/h6,9-11H,2,5,7-8H2,1,3-4H3;1H. The highest BCUT2D eigenvalue weighted by Gasteiger charge is 2.11. The highest BCUT2D eigenvalue weighted by atomic mass is 35.5. The molecule has 0 radical (unpaired) electrons. The topological polar surface area (TPSA) is 29.5 Å². The van der Waals surface area contributed by atoms with Crippen LogP contribution in [0, 0.1) is 0 Å². The third-order valence-corrected chi connectivity index (χ3v) is 2.06. The summed E-state index contributed by atoms with van der Waals surface area (Å²) in [6.07, 6.45) is 7.71. The van der Waals surface area contributed by atoms with Gasteiger partial charge in [-0.3, -0.25) is 0 Å². The number of ether oxygens (including phenoxy) is 1. The van der Waals surface area contributed by atoms with Crippen LogP contribution < -0.4 is 0 Å². The molecule has 0 atom stereocenters. The highest BCUT2D eigenvalue weighted by molar-refractivity contribution is 5.85. The van der Waals surface area contributed by atoms with Crippen LogP contribution in [0.25, 0.3) is 0 Å². The maximum Gasteiger partial charge on any atom is 0.415 e. The summed E-state index contributed by atoms with van der Waals surface area (Å²) in [5, 5.41) is 0. The molecule has 0 N–H and O–H groups in total. The van der Waals surface area contributed by atoms with Crippen molar-refractivity contribution in [1.82, 2.24) is 4.90 Å². The van der Waals surface area contributed by atoms with Crippen LogP contribution in [0.3, 0.4) is 0 Å². The fraction of sp³-hybridized carbons (Fsp3) is 0.462. The molecule has 17 heavy (non-hydrogen) atoms. The van der Waals surface area contributed by atoms with Crippen molar-refractivity contribution in [3.8, 4) is 0 Å². The summed E-state index contributed by atoms with van der Waals surface area (Å²) >= 11 is 0. The normalized spacial score (nSPS) is 10.9. The molecule has 0 rings (SSSR count). The number of rotatable bonds is 6. The lowest BCUT2D eigenvalue weighted by atomic mass is 10.3. The number of halogens is 1. The van der Waals surface area contributed by atoms with Crippen LogP contribution >= 0.6 is 12.4 Å². The van der Waals surface area contributed by atoms with E-state index >= 15 is 0 Å². The van der Waals surface area contributed by atoms with Crippen molar-refractivity contribution in [1.29, 1.82) is 0 Å². The second kappa shape index (κ2) is 11.3. The molecule has 0 spiro atoms. The van der Waals surface area contributed by atoms with Gasteiger partial charge in [0.25, 0.3) is 0 Å². The Morgan fingerprint density at radius 3 is 2.29 bits per heavy atom. The third-order valence-electron chi connectivity index (χ3n) is 2.06. The smallest absolute Gasteiger partial charge is 0.410 e. The minimum absolute atomic E-state index is 0. The maximum atomic E-state index is 11.6. The Morgan fingerprint density at radius 2 is 1.88 bits per heavy atom. The van der Waals surface area contributed by atoms with Crippen LogP contribution in [-0.2, 0) is 4.74 Å². The number of carbonyl (C=O) groups excluding carboxylic acids is 1. The molecule has 98 valence electrons. The number of carbonyl (C=O) groups is 1. The molecule has 1 amide bonds. The second-order valence-electron chi connectivity index (χ2n) is 3.15. The summed E-state index contributed by atoms with van der Waals surface area (Å²) in [6.45, 7) is 10.8. The predicted molar refractivity (Wildman–Crippen MR) is 74.4 cm³/mol. The van der Waals surface area contributed by atoms with Crippen molar-refractivity contribution in [3.05, 3.63) is 36.6 Å². The Bertz CT molecular complexity index is 281. The molecule has 0 bridgehead atoms. The van der Waals surface area contributed by atoms with Crippen molar-refractivity contribution in [2.24, 2.45) is 0 Å². The van der Waals surface area contributed by atoms with E-state index in [2.05, 4.69) is 6.58 Å². The van der Waals surface area contributed by atoms with Gasteiger partial charge in [-0.2, -0.15) is 0 Å². The first-order valence-electron chi connectivity index (χ1n) is 5.65. The van der Waals surface area contributed by atoms with Crippen molar-refractivity contribution < 1.29 is 9.53 Å². The van der Waals surface area contributed by atoms with E-state index in [9.17, 15) is 4.79 Å². The number of hydrogen-bond acceptors (Lipinski definition) is 2. The van der Waals surface area contributed by atoms with E-state index in [1.165, 1.54) is 6.08 Å². The molecule has 0 aromatic rings. The lowest BCUT2D eigenvalue weighted by molar-refractivity contribution is 0.136. The summed E-state index contributed by atoms with van der Waals surface area (Å²) in [4.78, 5) is 13.2. The fourth-order valence-corrected chi connectivity index (χ4v) is 1.09. The molecule has 0 heterocycles. The van der Waals surface area contributed by atoms with Crippen LogP contribution in [-0.4, -0.2) is 24.1 Å². The lowest BCUT2D eigenvalue weighted by Crippen LogP contribution is -2.30. The van der Waals surface area contributed by atoms with E-state index in [1.54, 1.807) is 11.0 Å². The molecular weight excluding hydrogens is 238 g/mol. The Morgan fingerprint density at radius 1 is 1.29 bits per heavy atom. The molecule has 0 saturated carbocycles. The fourth-order valence-electron chi connectivity index (χ4n) is 1.09. The van der Waals surface area contributed by atoms with E-state index in [-0.39, 0.29) is 18.5 Å². The minimum Gasteiger partial charge on any atom is -0.410 e. The van der Waals surface area contributed by atoms with E-state index in [0.29, 0.717) is 18.8 Å². The quantitative estimate of drug-likeness (QED) is 0.534. The van der Waals surface area contributed by atoms with Crippen molar-refractivity contribution in [2.45, 2.75) is 27.2 Å². The molecular formula is C13H22ClNO2. The minimum atomic E-state index is -0.332. The van der Waals surface area contributed by atoms with Crippen LogP contribution in [0.15, 0.2) is 36.6 Å². The number of nitrogens with zero attached hydrogens (tertiary/aromatic N) is 1. The largest absolute Gasteiger partial charge is 0.415 e. The van der Waals surface area contributed by atoms with Crippen molar-refractivity contribution in [2.75, 3.05) is 13.1 Å². The predicted octanol–water partition coefficient (Wildman–Crippen LogP) is 3.92. The van der Waals surface area contributed by atoms with Crippen LogP contribution in [0.2, 0.25) is 0 Å². The summed E-state index contributed by atoms with van der Waals surface area (Å²) in [5.41, 5.74) is 0. The molecule has 0 aromatic heterocycles. The van der Waals surface area contributed by atoms with Crippen LogP contribution in [0.5, 0.6) is 0 Å². The average Bonchev–Trinajstić information content (AvgIpc) is 2.29. The zero-order valence-electron chi connectivity index (χ0n) is 10.8. The summed E-state index contributed by atoms with van der Waals surface area (Å²) in [6, 6.07) is 0. The molecule has 0 aliphatic carbocycles. The van der Waals surface area contributed by atoms with E-state index < -0.39 is 0 Å². The van der Waals surface area contributed by atoms with Gasteiger partial charge in [-0.1, -0.05) is 25.7 Å². The summed E-state index contributed by atoms with van der Waals surface area (Å²) < 4.78 is 5.17. The molecule has 3 nitrogen and oxygen atoms in total. The van der Waals surface area contributed by atoms with Gasteiger partial charge in [-0.15, -0.1) is 12.4 Å². The molecule has 0 aromatic carbocycles. The van der Waals surface area contributed by atoms with Crippen molar-refractivity contribution >= 4 is 18.5 Å². The molecule has 0 aliphatic heterocycles. The number of hydrogen-bond donors (Lipinski definition) is 0. The molecule has 0 fully saturated rings. The van der Waals surface area contributed by atoms with Crippen molar-refractivity contribution in [3.63, 3.8) is 0 Å². The van der Waals surface area contributed by atoms with Gasteiger partial charge in [0.1, 0.15) is 5.76 Å². The SMILES string of the molecule is C=CC(=CC=CCC)OC(=O)N(CC)CC.Cl. The molecule has 0 unspecified atom stereocenters. The van der Waals surface area contributed by atoms with Gasteiger partial charge in [-0.25, -0.2) is 4.79 Å². The zero-order chi connectivity index (χ0) is 12.4. The Labute approximate surface area is 110 Å². The van der Waals surface area contributed by atoms with Gasteiger partial charge >= 0.3 is 6.09 Å². The van der Waals surface area contributed by atoms with E-state index in [4.69, 9.17) is 4.74 Å².